The summed E-state index contributed by atoms with van der Waals surface area (Å²) in [7, 11) is 0. The van der Waals surface area contributed by atoms with E-state index in [1.165, 1.54) is 244 Å². The van der Waals surface area contributed by atoms with Gasteiger partial charge in [0.2, 0.25) is 0 Å². The number of esters is 3. The van der Waals surface area contributed by atoms with Crippen molar-refractivity contribution in [1.29, 1.82) is 0 Å². The van der Waals surface area contributed by atoms with Crippen LogP contribution in [0.4, 0.5) is 0 Å². The van der Waals surface area contributed by atoms with Crippen LogP contribution in [-0.2, 0) is 28.6 Å². The lowest BCUT2D eigenvalue weighted by Gasteiger charge is -2.18. The molecule has 0 radical (unpaired) electrons. The molecule has 0 aromatic heterocycles. The Hall–Kier alpha value is -1.59. The molecule has 0 bridgehead atoms. The first-order chi connectivity index (χ1) is 34.6. The number of hydrogen-bond donors (Lipinski definition) is 0. The predicted octanol–water partition coefficient (Wildman–Crippen LogP) is 21.5. The standard InChI is InChI=1S/C65H126O6/c1-59(2)51-45-39-33-27-21-15-11-7-9-13-17-24-30-36-42-48-54-63(66)69-57-62(58-70-64(67)55-49-43-37-31-25-20-19-23-29-35-41-47-53-61(5)6)71-65(68)56-50-44-38-32-26-18-14-10-8-12-16-22-28-34-40-46-52-60(3)4/h59-62H,7-58H2,1-6H3/t62-/m0/s1. The van der Waals surface area contributed by atoms with Crippen molar-refractivity contribution in [2.45, 2.75) is 369 Å². The molecular formula is C65H126O6. The van der Waals surface area contributed by atoms with E-state index in [9.17, 15) is 14.4 Å². The second-order valence-corrected chi connectivity index (χ2v) is 23.8. The summed E-state index contributed by atoms with van der Waals surface area (Å²) >= 11 is 0. The van der Waals surface area contributed by atoms with Gasteiger partial charge in [0.1, 0.15) is 13.2 Å². The van der Waals surface area contributed by atoms with Crippen molar-refractivity contribution in [3.8, 4) is 0 Å². The minimum absolute atomic E-state index is 0.0625. The van der Waals surface area contributed by atoms with Crippen LogP contribution in [0.1, 0.15) is 363 Å². The van der Waals surface area contributed by atoms with E-state index in [4.69, 9.17) is 14.2 Å². The maximum Gasteiger partial charge on any atom is 0.306 e. The largest absolute Gasteiger partial charge is 0.462 e. The van der Waals surface area contributed by atoms with E-state index in [2.05, 4.69) is 41.5 Å². The number of carbonyl (C=O) groups is 3. The fourth-order valence-corrected chi connectivity index (χ4v) is 10.1. The topological polar surface area (TPSA) is 78.9 Å². The zero-order chi connectivity index (χ0) is 51.9. The average molecular weight is 1000 g/mol. The molecular weight excluding hydrogens is 877 g/mol. The molecule has 0 saturated heterocycles. The van der Waals surface area contributed by atoms with Gasteiger partial charge < -0.3 is 14.2 Å². The fraction of sp³-hybridized carbons (Fsp3) is 0.954. The van der Waals surface area contributed by atoms with Crippen molar-refractivity contribution in [2.24, 2.45) is 17.8 Å². The highest BCUT2D eigenvalue weighted by molar-refractivity contribution is 5.71. The molecule has 422 valence electrons. The number of rotatable bonds is 58. The second kappa shape index (κ2) is 56.1. The summed E-state index contributed by atoms with van der Waals surface area (Å²) in [6.07, 6.45) is 61.0. The maximum atomic E-state index is 12.9. The molecule has 0 spiro atoms. The minimum Gasteiger partial charge on any atom is -0.462 e. The van der Waals surface area contributed by atoms with E-state index in [1.54, 1.807) is 0 Å². The van der Waals surface area contributed by atoms with Crippen LogP contribution >= 0.6 is 0 Å². The van der Waals surface area contributed by atoms with E-state index in [0.29, 0.717) is 19.3 Å². The van der Waals surface area contributed by atoms with E-state index in [0.717, 1.165) is 75.5 Å². The number of hydrogen-bond acceptors (Lipinski definition) is 6. The second-order valence-electron chi connectivity index (χ2n) is 23.8. The summed E-state index contributed by atoms with van der Waals surface area (Å²) < 4.78 is 17.0. The summed E-state index contributed by atoms with van der Waals surface area (Å²) in [5.74, 6) is 1.70. The zero-order valence-corrected chi connectivity index (χ0v) is 49.0. The maximum absolute atomic E-state index is 12.9. The third-order valence-corrected chi connectivity index (χ3v) is 14.9. The summed E-state index contributed by atoms with van der Waals surface area (Å²) in [6, 6.07) is 0. The minimum atomic E-state index is -0.764. The van der Waals surface area contributed by atoms with Crippen molar-refractivity contribution < 1.29 is 28.6 Å². The van der Waals surface area contributed by atoms with Crippen molar-refractivity contribution in [3.05, 3.63) is 0 Å². The normalized spacial score (nSPS) is 12.1. The molecule has 0 unspecified atom stereocenters. The molecule has 0 saturated carbocycles. The van der Waals surface area contributed by atoms with Crippen LogP contribution in [0.15, 0.2) is 0 Å². The van der Waals surface area contributed by atoms with E-state index < -0.39 is 6.10 Å². The number of ether oxygens (including phenoxy) is 3. The Morgan fingerprint density at radius 2 is 0.408 bits per heavy atom. The Bertz CT molecular complexity index is 1100. The molecule has 71 heavy (non-hydrogen) atoms. The van der Waals surface area contributed by atoms with E-state index >= 15 is 0 Å². The summed E-state index contributed by atoms with van der Waals surface area (Å²) in [4.78, 5) is 38.3. The Kier molecular flexibility index (Phi) is 54.9. The van der Waals surface area contributed by atoms with Crippen LogP contribution in [0.3, 0.4) is 0 Å². The van der Waals surface area contributed by atoms with Gasteiger partial charge in [-0.3, -0.25) is 14.4 Å². The Morgan fingerprint density at radius 3 is 0.606 bits per heavy atom. The monoisotopic (exact) mass is 1000 g/mol. The molecule has 0 aliphatic rings. The molecule has 0 heterocycles. The van der Waals surface area contributed by atoms with Crippen LogP contribution in [0, 0.1) is 17.8 Å². The molecule has 6 nitrogen and oxygen atoms in total. The fourth-order valence-electron chi connectivity index (χ4n) is 10.1. The molecule has 0 fully saturated rings. The molecule has 6 heteroatoms. The highest BCUT2D eigenvalue weighted by Gasteiger charge is 2.19. The van der Waals surface area contributed by atoms with Gasteiger partial charge in [0.15, 0.2) is 6.10 Å². The van der Waals surface area contributed by atoms with Gasteiger partial charge in [0.25, 0.3) is 0 Å². The smallest absolute Gasteiger partial charge is 0.306 e. The molecule has 0 aliphatic carbocycles. The van der Waals surface area contributed by atoms with Gasteiger partial charge in [-0.25, -0.2) is 0 Å². The van der Waals surface area contributed by atoms with Crippen LogP contribution in [0.25, 0.3) is 0 Å². The van der Waals surface area contributed by atoms with Crippen molar-refractivity contribution in [2.75, 3.05) is 13.2 Å². The van der Waals surface area contributed by atoms with Gasteiger partial charge in [0, 0.05) is 19.3 Å². The van der Waals surface area contributed by atoms with Gasteiger partial charge in [-0.05, 0) is 37.0 Å². The first kappa shape index (κ1) is 69.4. The molecule has 1 atom stereocenters. The molecule has 0 amide bonds. The van der Waals surface area contributed by atoms with E-state index in [-0.39, 0.29) is 31.1 Å². The molecule has 0 rings (SSSR count). The predicted molar refractivity (Wildman–Crippen MR) is 307 cm³/mol. The van der Waals surface area contributed by atoms with E-state index in [1.807, 2.05) is 0 Å². The molecule has 0 aromatic carbocycles. The summed E-state index contributed by atoms with van der Waals surface area (Å²) in [5.41, 5.74) is 0. The Labute approximate surface area is 444 Å². The van der Waals surface area contributed by atoms with Crippen LogP contribution in [0.5, 0.6) is 0 Å². The number of unbranched alkanes of at least 4 members (excludes halogenated alkanes) is 41. The average Bonchev–Trinajstić information content (AvgIpc) is 3.33. The van der Waals surface area contributed by atoms with Crippen molar-refractivity contribution >= 4 is 17.9 Å². The van der Waals surface area contributed by atoms with Gasteiger partial charge in [0.05, 0.1) is 0 Å². The van der Waals surface area contributed by atoms with Gasteiger partial charge in [-0.2, -0.15) is 0 Å². The number of carbonyl (C=O) groups excluding carboxylic acids is 3. The van der Waals surface area contributed by atoms with Crippen LogP contribution in [0.2, 0.25) is 0 Å². The van der Waals surface area contributed by atoms with Gasteiger partial charge >= 0.3 is 17.9 Å². The van der Waals surface area contributed by atoms with Crippen molar-refractivity contribution in [3.63, 3.8) is 0 Å². The SMILES string of the molecule is CC(C)CCCCCCCCCCCCCCCCCCC(=O)OC[C@@H](COC(=O)CCCCCCCCCCCCCCC(C)C)OC(=O)CCCCCCCCCCCCCCCCCCC(C)C. The van der Waals surface area contributed by atoms with Crippen LogP contribution < -0.4 is 0 Å². The lowest BCUT2D eigenvalue weighted by atomic mass is 10.0. The lowest BCUT2D eigenvalue weighted by molar-refractivity contribution is -0.167. The first-order valence-corrected chi connectivity index (χ1v) is 32.1. The molecule has 0 N–H and O–H groups in total. The Morgan fingerprint density at radius 1 is 0.239 bits per heavy atom. The summed E-state index contributed by atoms with van der Waals surface area (Å²) in [6.45, 7) is 13.8. The highest BCUT2D eigenvalue weighted by Crippen LogP contribution is 2.19. The Balaban J connectivity index is 4.28. The lowest BCUT2D eigenvalue weighted by Crippen LogP contribution is -2.30. The zero-order valence-electron chi connectivity index (χ0n) is 49.0. The van der Waals surface area contributed by atoms with Gasteiger partial charge in [-0.15, -0.1) is 0 Å². The third kappa shape index (κ3) is 59.2. The molecule has 0 aromatic rings. The summed E-state index contributed by atoms with van der Waals surface area (Å²) in [5, 5.41) is 0. The third-order valence-electron chi connectivity index (χ3n) is 14.9. The first-order valence-electron chi connectivity index (χ1n) is 32.1. The van der Waals surface area contributed by atoms with Crippen molar-refractivity contribution in [1.82, 2.24) is 0 Å². The quantitative estimate of drug-likeness (QED) is 0.0343. The highest BCUT2D eigenvalue weighted by atomic mass is 16.6. The molecule has 0 aliphatic heterocycles. The van der Waals surface area contributed by atoms with Crippen LogP contribution in [-0.4, -0.2) is 37.2 Å². The van der Waals surface area contributed by atoms with Gasteiger partial charge in [-0.1, -0.05) is 324 Å².